The van der Waals surface area contributed by atoms with Gasteiger partial charge in [-0.1, -0.05) is 0 Å². The number of hydrogen-bond acceptors (Lipinski definition) is 4. The normalized spacial score (nSPS) is 10.6. The largest absolute Gasteiger partial charge is 0.497 e. The van der Waals surface area contributed by atoms with E-state index < -0.39 is 0 Å². The third kappa shape index (κ3) is 2.06. The lowest BCUT2D eigenvalue weighted by Gasteiger charge is -2.05. The third-order valence-corrected chi connectivity index (χ3v) is 2.88. The molecule has 0 unspecified atom stereocenters. The van der Waals surface area contributed by atoms with Crippen LogP contribution in [0.1, 0.15) is 0 Å². The maximum absolute atomic E-state index is 12.0. The van der Waals surface area contributed by atoms with Crippen LogP contribution in [-0.2, 0) is 0 Å². The van der Waals surface area contributed by atoms with Crippen LogP contribution in [0.5, 0.6) is 5.75 Å². The molecule has 3 rings (SSSR count). The molecular weight excluding hydrogens is 242 g/mol. The lowest BCUT2D eigenvalue weighted by atomic mass is 10.2. The number of benzene rings is 1. The molecule has 3 aromatic rings. The second-order valence-corrected chi connectivity index (χ2v) is 4.04. The van der Waals surface area contributed by atoms with E-state index in [1.807, 2.05) is 0 Å². The maximum Gasteiger partial charge on any atom is 0.281 e. The van der Waals surface area contributed by atoms with Gasteiger partial charge < -0.3 is 9.72 Å². The molecule has 0 amide bonds. The molecule has 5 nitrogen and oxygen atoms in total. The Kier molecular flexibility index (Phi) is 2.72. The van der Waals surface area contributed by atoms with Crippen molar-refractivity contribution in [2.24, 2.45) is 0 Å². The first-order chi connectivity index (χ1) is 9.28. The molecule has 2 heterocycles. The summed E-state index contributed by atoms with van der Waals surface area (Å²) in [5.74, 6) is 1.21. The van der Waals surface area contributed by atoms with Crippen LogP contribution < -0.4 is 10.3 Å². The van der Waals surface area contributed by atoms with E-state index in [2.05, 4.69) is 15.0 Å². The Balaban J connectivity index is 2.26. The summed E-state index contributed by atoms with van der Waals surface area (Å²) in [5, 5.41) is 0.540. The van der Waals surface area contributed by atoms with Crippen molar-refractivity contribution >= 4 is 10.9 Å². The summed E-state index contributed by atoms with van der Waals surface area (Å²) in [5.41, 5.74) is 1.26. The van der Waals surface area contributed by atoms with Gasteiger partial charge in [-0.05, 0) is 24.3 Å². The molecule has 94 valence electrons. The van der Waals surface area contributed by atoms with Crippen molar-refractivity contribution in [3.63, 3.8) is 0 Å². The molecule has 0 saturated heterocycles. The Bertz CT molecular complexity index is 782. The SMILES string of the molecule is COc1ccc2c(=O)nc(-c3ccncc3)[nH]c2c1. The lowest BCUT2D eigenvalue weighted by Crippen LogP contribution is -2.09. The Morgan fingerprint density at radius 2 is 1.95 bits per heavy atom. The summed E-state index contributed by atoms with van der Waals surface area (Å²) in [6.07, 6.45) is 3.32. The van der Waals surface area contributed by atoms with Crippen LogP contribution in [0.15, 0.2) is 47.5 Å². The Morgan fingerprint density at radius 3 is 2.68 bits per heavy atom. The van der Waals surface area contributed by atoms with Gasteiger partial charge in [-0.2, -0.15) is 4.98 Å². The fraction of sp³-hybridized carbons (Fsp3) is 0.0714. The summed E-state index contributed by atoms with van der Waals surface area (Å²) in [6, 6.07) is 8.82. The Labute approximate surface area is 108 Å². The van der Waals surface area contributed by atoms with Gasteiger partial charge in [-0.15, -0.1) is 0 Å². The molecule has 0 aliphatic rings. The summed E-state index contributed by atoms with van der Waals surface area (Å²) in [7, 11) is 1.59. The first-order valence-corrected chi connectivity index (χ1v) is 5.76. The maximum atomic E-state index is 12.0. The van der Waals surface area contributed by atoms with E-state index in [9.17, 15) is 4.79 Å². The van der Waals surface area contributed by atoms with Gasteiger partial charge in [0.2, 0.25) is 0 Å². The van der Waals surface area contributed by atoms with Crippen molar-refractivity contribution < 1.29 is 4.74 Å². The number of pyridine rings is 1. The minimum absolute atomic E-state index is 0.261. The highest BCUT2D eigenvalue weighted by Crippen LogP contribution is 2.19. The number of H-pyrrole nitrogens is 1. The van der Waals surface area contributed by atoms with Gasteiger partial charge in [-0.3, -0.25) is 9.78 Å². The molecular formula is C14H11N3O2. The third-order valence-electron chi connectivity index (χ3n) is 2.88. The van der Waals surface area contributed by atoms with Crippen LogP contribution in [0.25, 0.3) is 22.3 Å². The van der Waals surface area contributed by atoms with E-state index in [-0.39, 0.29) is 5.56 Å². The average molecular weight is 253 g/mol. The van der Waals surface area contributed by atoms with Gasteiger partial charge in [0.1, 0.15) is 11.6 Å². The standard InChI is InChI=1S/C14H11N3O2/c1-19-10-2-3-11-12(8-10)16-13(17-14(11)18)9-4-6-15-7-5-9/h2-8H,1H3,(H,16,17,18). The van der Waals surface area contributed by atoms with Crippen LogP contribution in [0.3, 0.4) is 0 Å². The molecule has 2 aromatic heterocycles. The van der Waals surface area contributed by atoms with E-state index >= 15 is 0 Å². The predicted octanol–water partition coefficient (Wildman–Crippen LogP) is 1.99. The fourth-order valence-electron chi connectivity index (χ4n) is 1.90. The van der Waals surface area contributed by atoms with Gasteiger partial charge >= 0.3 is 0 Å². The van der Waals surface area contributed by atoms with Crippen LogP contribution in [0.2, 0.25) is 0 Å². The van der Waals surface area contributed by atoms with E-state index in [1.165, 1.54) is 0 Å². The summed E-state index contributed by atoms with van der Waals surface area (Å²) in [6.45, 7) is 0. The molecule has 0 aliphatic carbocycles. The number of nitrogens with zero attached hydrogens (tertiary/aromatic N) is 2. The van der Waals surface area contributed by atoms with E-state index in [0.29, 0.717) is 22.5 Å². The number of hydrogen-bond donors (Lipinski definition) is 1. The van der Waals surface area contributed by atoms with E-state index in [0.717, 1.165) is 5.56 Å². The quantitative estimate of drug-likeness (QED) is 0.758. The molecule has 0 atom stereocenters. The second-order valence-electron chi connectivity index (χ2n) is 4.04. The fourth-order valence-corrected chi connectivity index (χ4v) is 1.90. The van der Waals surface area contributed by atoms with Crippen LogP contribution in [0.4, 0.5) is 0 Å². The number of aromatic amines is 1. The highest BCUT2D eigenvalue weighted by Gasteiger charge is 2.06. The van der Waals surface area contributed by atoms with Crippen LogP contribution in [0, 0.1) is 0 Å². The minimum atomic E-state index is -0.261. The van der Waals surface area contributed by atoms with Crippen molar-refractivity contribution in [2.45, 2.75) is 0 Å². The van der Waals surface area contributed by atoms with Gasteiger partial charge in [-0.25, -0.2) is 0 Å². The number of ether oxygens (including phenoxy) is 1. The topological polar surface area (TPSA) is 67.9 Å². The van der Waals surface area contributed by atoms with Crippen molar-refractivity contribution in [1.29, 1.82) is 0 Å². The lowest BCUT2D eigenvalue weighted by molar-refractivity contribution is 0.415. The molecule has 0 fully saturated rings. The number of aromatic nitrogens is 3. The zero-order valence-electron chi connectivity index (χ0n) is 10.3. The number of methoxy groups -OCH3 is 1. The molecule has 0 aliphatic heterocycles. The molecule has 0 saturated carbocycles. The first-order valence-electron chi connectivity index (χ1n) is 5.76. The highest BCUT2D eigenvalue weighted by atomic mass is 16.5. The van der Waals surface area contributed by atoms with Crippen molar-refractivity contribution in [3.05, 3.63) is 53.1 Å². The van der Waals surface area contributed by atoms with Crippen LogP contribution >= 0.6 is 0 Å². The zero-order valence-corrected chi connectivity index (χ0v) is 10.3. The summed E-state index contributed by atoms with van der Waals surface area (Å²) >= 11 is 0. The number of nitrogens with one attached hydrogen (secondary N) is 1. The first kappa shape index (κ1) is 11.4. The van der Waals surface area contributed by atoms with Crippen molar-refractivity contribution in [3.8, 4) is 17.1 Å². The number of fused-ring (bicyclic) bond motifs is 1. The molecule has 1 aromatic carbocycles. The zero-order chi connectivity index (χ0) is 13.2. The average Bonchev–Trinajstić information content (AvgIpc) is 2.47. The molecule has 1 N–H and O–H groups in total. The van der Waals surface area contributed by atoms with Crippen molar-refractivity contribution in [2.75, 3.05) is 7.11 Å². The molecule has 0 bridgehead atoms. The monoisotopic (exact) mass is 253 g/mol. The predicted molar refractivity (Wildman–Crippen MR) is 72.1 cm³/mol. The number of rotatable bonds is 2. The molecule has 0 spiro atoms. The van der Waals surface area contributed by atoms with Gasteiger partial charge in [0.05, 0.1) is 18.0 Å². The summed E-state index contributed by atoms with van der Waals surface area (Å²) < 4.78 is 5.16. The smallest absolute Gasteiger partial charge is 0.281 e. The highest BCUT2D eigenvalue weighted by molar-refractivity contribution is 5.80. The van der Waals surface area contributed by atoms with Gasteiger partial charge in [0.25, 0.3) is 5.56 Å². The van der Waals surface area contributed by atoms with Gasteiger partial charge in [0.15, 0.2) is 0 Å². The molecule has 0 radical (unpaired) electrons. The van der Waals surface area contributed by atoms with Crippen LogP contribution in [-0.4, -0.2) is 22.1 Å². The van der Waals surface area contributed by atoms with E-state index in [4.69, 9.17) is 4.74 Å². The minimum Gasteiger partial charge on any atom is -0.497 e. The van der Waals surface area contributed by atoms with E-state index in [1.54, 1.807) is 49.8 Å². The second kappa shape index (κ2) is 4.53. The molecule has 5 heteroatoms. The molecule has 19 heavy (non-hydrogen) atoms. The summed E-state index contributed by atoms with van der Waals surface area (Å²) in [4.78, 5) is 23.1. The van der Waals surface area contributed by atoms with Crippen molar-refractivity contribution in [1.82, 2.24) is 15.0 Å². The van der Waals surface area contributed by atoms with Gasteiger partial charge in [0, 0.05) is 24.0 Å². The Morgan fingerprint density at radius 1 is 1.16 bits per heavy atom. The Hall–Kier alpha value is -2.69.